The Bertz CT molecular complexity index is 591. The second-order valence-electron chi connectivity index (χ2n) is 4.69. The van der Waals surface area contributed by atoms with Crippen molar-refractivity contribution < 1.29 is 13.3 Å². The second-order valence-corrected chi connectivity index (χ2v) is 4.69. The fourth-order valence-corrected chi connectivity index (χ4v) is 2.46. The molecule has 0 radical (unpaired) electrons. The van der Waals surface area contributed by atoms with E-state index >= 15 is 0 Å². The van der Waals surface area contributed by atoms with Crippen LogP contribution >= 0.6 is 0 Å². The van der Waals surface area contributed by atoms with Crippen LogP contribution in [0.3, 0.4) is 0 Å². The minimum atomic E-state index is -0.707. The van der Waals surface area contributed by atoms with Gasteiger partial charge in [0.1, 0.15) is 5.82 Å². The lowest BCUT2D eigenvalue weighted by Gasteiger charge is -2.33. The molecule has 1 aromatic carbocycles. The van der Waals surface area contributed by atoms with E-state index in [2.05, 4.69) is 17.0 Å². The van der Waals surface area contributed by atoms with Gasteiger partial charge in [0, 0.05) is 32.2 Å². The fourth-order valence-electron chi connectivity index (χ4n) is 2.46. The van der Waals surface area contributed by atoms with E-state index in [0.29, 0.717) is 11.2 Å². The number of hydrogen-bond acceptors (Lipinski definition) is 4. The summed E-state index contributed by atoms with van der Waals surface area (Å²) in [5.41, 5.74) is 0.0225. The summed E-state index contributed by atoms with van der Waals surface area (Å²) in [4.78, 5) is 4.33. The molecule has 0 bridgehead atoms. The van der Waals surface area contributed by atoms with Crippen molar-refractivity contribution in [3.05, 3.63) is 23.8 Å². The Balaban J connectivity index is 1.93. The van der Waals surface area contributed by atoms with E-state index < -0.39 is 11.6 Å². The number of fused-ring (bicyclic) bond motifs is 1. The Morgan fingerprint density at radius 1 is 1.21 bits per heavy atom. The third kappa shape index (κ3) is 2.16. The first-order valence-corrected chi connectivity index (χ1v) is 6.40. The molecule has 1 aliphatic heterocycles. The van der Waals surface area contributed by atoms with Crippen molar-refractivity contribution in [2.45, 2.75) is 6.92 Å². The molecule has 0 atom stereocenters. The highest BCUT2D eigenvalue weighted by atomic mass is 19.1. The maximum atomic E-state index is 13.5. The first-order chi connectivity index (χ1) is 9.19. The summed E-state index contributed by atoms with van der Waals surface area (Å²) < 4.78 is 31.8. The second kappa shape index (κ2) is 4.77. The monoisotopic (exact) mass is 267 g/mol. The first-order valence-electron chi connectivity index (χ1n) is 6.40. The van der Waals surface area contributed by atoms with Crippen LogP contribution in [0.1, 0.15) is 6.92 Å². The maximum absolute atomic E-state index is 13.5. The number of benzene rings is 1. The van der Waals surface area contributed by atoms with Crippen molar-refractivity contribution in [1.29, 1.82) is 0 Å². The molecule has 6 heteroatoms. The van der Waals surface area contributed by atoms with Crippen molar-refractivity contribution >= 4 is 16.8 Å². The molecule has 102 valence electrons. The van der Waals surface area contributed by atoms with Crippen LogP contribution in [0, 0.1) is 11.6 Å². The number of rotatable bonds is 2. The normalized spacial score (nSPS) is 17.3. The molecule has 1 saturated heterocycles. The van der Waals surface area contributed by atoms with Crippen molar-refractivity contribution in [2.75, 3.05) is 37.6 Å². The van der Waals surface area contributed by atoms with E-state index in [1.807, 2.05) is 4.90 Å². The van der Waals surface area contributed by atoms with Gasteiger partial charge in [-0.1, -0.05) is 12.1 Å². The van der Waals surface area contributed by atoms with Crippen LogP contribution in [0.15, 0.2) is 16.7 Å². The number of halogens is 2. The van der Waals surface area contributed by atoms with Gasteiger partial charge in [0.25, 0.3) is 0 Å². The quantitative estimate of drug-likeness (QED) is 0.835. The van der Waals surface area contributed by atoms with Gasteiger partial charge in [-0.05, 0) is 12.6 Å². The third-order valence-corrected chi connectivity index (χ3v) is 3.59. The molecule has 0 amide bonds. The Labute approximate surface area is 109 Å². The minimum Gasteiger partial charge on any atom is -0.351 e. The van der Waals surface area contributed by atoms with E-state index in [0.717, 1.165) is 38.8 Å². The molecule has 0 spiro atoms. The van der Waals surface area contributed by atoms with Crippen LogP contribution in [-0.4, -0.2) is 42.8 Å². The van der Waals surface area contributed by atoms with Crippen LogP contribution in [0.25, 0.3) is 11.0 Å². The molecule has 2 heterocycles. The van der Waals surface area contributed by atoms with Gasteiger partial charge in [-0.3, -0.25) is 0 Å². The van der Waals surface area contributed by atoms with E-state index in [-0.39, 0.29) is 5.58 Å². The van der Waals surface area contributed by atoms with Gasteiger partial charge in [-0.25, -0.2) is 8.78 Å². The lowest BCUT2D eigenvalue weighted by molar-refractivity contribution is 0.269. The van der Waals surface area contributed by atoms with Crippen molar-refractivity contribution in [2.24, 2.45) is 0 Å². The summed E-state index contributed by atoms with van der Waals surface area (Å²) in [6, 6.07) is 2.09. The highest BCUT2D eigenvalue weighted by Crippen LogP contribution is 2.29. The smallest absolute Gasteiger partial charge is 0.204 e. The van der Waals surface area contributed by atoms with E-state index in [4.69, 9.17) is 4.52 Å². The van der Waals surface area contributed by atoms with Gasteiger partial charge >= 0.3 is 0 Å². The molecule has 0 unspecified atom stereocenters. The molecular formula is C13H15F2N3O. The Hall–Kier alpha value is -1.69. The molecule has 2 aromatic rings. The van der Waals surface area contributed by atoms with Crippen LogP contribution < -0.4 is 4.90 Å². The number of anilines is 1. The molecule has 4 nitrogen and oxygen atoms in total. The first kappa shape index (κ1) is 12.3. The Morgan fingerprint density at radius 3 is 2.63 bits per heavy atom. The van der Waals surface area contributed by atoms with E-state index in [9.17, 15) is 8.78 Å². The maximum Gasteiger partial charge on any atom is 0.204 e. The third-order valence-electron chi connectivity index (χ3n) is 3.59. The highest BCUT2D eigenvalue weighted by Gasteiger charge is 2.22. The zero-order valence-corrected chi connectivity index (χ0v) is 10.7. The van der Waals surface area contributed by atoms with Crippen molar-refractivity contribution in [3.63, 3.8) is 0 Å². The molecule has 0 aliphatic carbocycles. The summed E-state index contributed by atoms with van der Waals surface area (Å²) in [5, 5.41) is 4.30. The summed E-state index contributed by atoms with van der Waals surface area (Å²) >= 11 is 0. The topological polar surface area (TPSA) is 32.5 Å². The fraction of sp³-hybridized carbons (Fsp3) is 0.462. The van der Waals surface area contributed by atoms with Crippen LogP contribution in [-0.2, 0) is 0 Å². The Morgan fingerprint density at radius 2 is 1.95 bits per heavy atom. The van der Waals surface area contributed by atoms with E-state index in [1.165, 1.54) is 6.07 Å². The summed E-state index contributed by atoms with van der Waals surface area (Å²) in [6.07, 6.45) is 0. The molecular weight excluding hydrogens is 252 g/mol. The standard InChI is InChI=1S/C13H15F2N3O/c1-2-17-3-5-18(6-4-17)13-10-7-9(14)8-11(15)12(10)19-16-13/h7-8H,2-6H2,1H3. The predicted molar refractivity (Wildman–Crippen MR) is 68.3 cm³/mol. The summed E-state index contributed by atoms with van der Waals surface area (Å²) in [7, 11) is 0. The van der Waals surface area contributed by atoms with Gasteiger partial charge < -0.3 is 14.3 Å². The summed E-state index contributed by atoms with van der Waals surface area (Å²) in [6.45, 7) is 6.54. The van der Waals surface area contributed by atoms with Crippen LogP contribution in [0.5, 0.6) is 0 Å². The zero-order chi connectivity index (χ0) is 13.4. The lowest BCUT2D eigenvalue weighted by atomic mass is 10.2. The molecule has 19 heavy (non-hydrogen) atoms. The van der Waals surface area contributed by atoms with Crippen LogP contribution in [0.2, 0.25) is 0 Å². The highest BCUT2D eigenvalue weighted by molar-refractivity contribution is 5.89. The SMILES string of the molecule is CCN1CCN(c2noc3c(F)cc(F)cc23)CC1. The molecule has 1 aliphatic rings. The van der Waals surface area contributed by atoms with Crippen molar-refractivity contribution in [3.8, 4) is 0 Å². The Kier molecular flexibility index (Phi) is 3.10. The molecule has 1 aromatic heterocycles. The molecule has 0 saturated carbocycles. The minimum absolute atomic E-state index is 0.0225. The van der Waals surface area contributed by atoms with Crippen LogP contribution in [0.4, 0.5) is 14.6 Å². The molecule has 0 N–H and O–H groups in total. The largest absolute Gasteiger partial charge is 0.351 e. The van der Waals surface area contributed by atoms with Crippen molar-refractivity contribution in [1.82, 2.24) is 10.1 Å². The average Bonchev–Trinajstić information content (AvgIpc) is 2.83. The lowest BCUT2D eigenvalue weighted by Crippen LogP contribution is -2.46. The van der Waals surface area contributed by atoms with Gasteiger partial charge in [0.05, 0.1) is 5.39 Å². The number of likely N-dealkylation sites (N-methyl/N-ethyl adjacent to an activating group) is 1. The molecule has 3 rings (SSSR count). The van der Waals surface area contributed by atoms with Gasteiger partial charge in [0.2, 0.25) is 5.58 Å². The van der Waals surface area contributed by atoms with Gasteiger partial charge in [-0.2, -0.15) is 0 Å². The summed E-state index contributed by atoms with van der Waals surface area (Å²) in [5.74, 6) is -0.785. The van der Waals surface area contributed by atoms with E-state index in [1.54, 1.807) is 0 Å². The van der Waals surface area contributed by atoms with Gasteiger partial charge in [0.15, 0.2) is 11.6 Å². The average molecular weight is 267 g/mol. The number of hydrogen-bond donors (Lipinski definition) is 0. The predicted octanol–water partition coefficient (Wildman–Crippen LogP) is 2.25. The number of piperazine rings is 1. The number of nitrogens with zero attached hydrogens (tertiary/aromatic N) is 3. The molecule has 1 fully saturated rings. The van der Waals surface area contributed by atoms with Gasteiger partial charge in [-0.15, -0.1) is 0 Å². The number of aromatic nitrogens is 1. The zero-order valence-electron chi connectivity index (χ0n) is 10.7.